The molecule has 2 aliphatic rings. The van der Waals surface area contributed by atoms with Crippen LogP contribution in [0, 0.1) is 5.92 Å². The van der Waals surface area contributed by atoms with Crippen LogP contribution in [0.1, 0.15) is 45.4 Å². The molecule has 98 valence electrons. The lowest BCUT2D eigenvalue weighted by Crippen LogP contribution is -2.38. The molecule has 2 atom stereocenters. The summed E-state index contributed by atoms with van der Waals surface area (Å²) in [6.07, 6.45) is 6.84. The van der Waals surface area contributed by atoms with Gasteiger partial charge in [-0.25, -0.2) is 0 Å². The number of nitrogens with one attached hydrogen (secondary N) is 1. The zero-order valence-corrected chi connectivity index (χ0v) is 12.0. The van der Waals surface area contributed by atoms with E-state index >= 15 is 0 Å². The molecule has 0 aromatic carbocycles. The summed E-state index contributed by atoms with van der Waals surface area (Å²) in [7, 11) is 0. The van der Waals surface area contributed by atoms with Crippen LogP contribution in [0.25, 0.3) is 0 Å². The smallest absolute Gasteiger partial charge is 0.249 e. The number of hydrogen-bond donors (Lipinski definition) is 1. The van der Waals surface area contributed by atoms with Crippen LogP contribution in [-0.4, -0.2) is 29.5 Å². The maximum atomic E-state index is 11.9. The largest absolute Gasteiger partial charge is 0.365 e. The van der Waals surface area contributed by atoms with Gasteiger partial charge in [0.05, 0.1) is 6.10 Å². The van der Waals surface area contributed by atoms with Gasteiger partial charge in [0.2, 0.25) is 5.91 Å². The van der Waals surface area contributed by atoms with Crippen molar-refractivity contribution in [2.45, 2.75) is 62.5 Å². The second-order valence-corrected chi connectivity index (χ2v) is 6.67. The third-order valence-corrected chi connectivity index (χ3v) is 4.78. The molecule has 2 unspecified atom stereocenters. The Kier molecular flexibility index (Phi) is 4.86. The lowest BCUT2D eigenvalue weighted by atomic mass is 9.89. The molecule has 2 rings (SSSR count). The monoisotopic (exact) mass is 303 g/mol. The van der Waals surface area contributed by atoms with E-state index in [4.69, 9.17) is 4.74 Å². The van der Waals surface area contributed by atoms with Gasteiger partial charge in [0.25, 0.3) is 0 Å². The number of amides is 1. The van der Waals surface area contributed by atoms with Crippen molar-refractivity contribution in [3.8, 4) is 0 Å². The van der Waals surface area contributed by atoms with Crippen LogP contribution < -0.4 is 5.32 Å². The quantitative estimate of drug-likeness (QED) is 0.814. The third-order valence-electron chi connectivity index (χ3n) is 3.87. The molecule has 1 heterocycles. The van der Waals surface area contributed by atoms with Gasteiger partial charge < -0.3 is 10.1 Å². The van der Waals surface area contributed by atoms with Gasteiger partial charge in [0, 0.05) is 11.4 Å². The molecule has 4 heteroatoms. The van der Waals surface area contributed by atoms with Crippen LogP contribution in [0.4, 0.5) is 0 Å². The number of halogens is 1. The first-order chi connectivity index (χ1) is 8.15. The molecule has 2 fully saturated rings. The van der Waals surface area contributed by atoms with E-state index in [9.17, 15) is 4.79 Å². The topological polar surface area (TPSA) is 38.3 Å². The van der Waals surface area contributed by atoms with E-state index in [0.717, 1.165) is 19.4 Å². The lowest BCUT2D eigenvalue weighted by Gasteiger charge is -2.25. The van der Waals surface area contributed by atoms with Crippen LogP contribution in [0.2, 0.25) is 0 Å². The summed E-state index contributed by atoms with van der Waals surface area (Å²) in [5.74, 6) is 0.752. The average molecular weight is 304 g/mol. The van der Waals surface area contributed by atoms with Gasteiger partial charge in [0.1, 0.15) is 6.10 Å². The van der Waals surface area contributed by atoms with E-state index < -0.39 is 0 Å². The minimum atomic E-state index is -0.197. The fraction of sp³-hybridized carbons (Fsp3) is 0.923. The van der Waals surface area contributed by atoms with Gasteiger partial charge in [-0.2, -0.15) is 0 Å². The summed E-state index contributed by atoms with van der Waals surface area (Å²) < 4.78 is 5.56. The average Bonchev–Trinajstić information content (AvgIpc) is 2.75. The normalized spacial score (nSPS) is 38.0. The summed E-state index contributed by atoms with van der Waals surface area (Å²) in [4.78, 5) is 12.5. The van der Waals surface area contributed by atoms with Crippen LogP contribution in [0.3, 0.4) is 0 Å². The van der Waals surface area contributed by atoms with Crippen molar-refractivity contribution in [3.63, 3.8) is 0 Å². The van der Waals surface area contributed by atoms with Crippen LogP contribution >= 0.6 is 15.9 Å². The minimum Gasteiger partial charge on any atom is -0.365 e. The van der Waals surface area contributed by atoms with Crippen molar-refractivity contribution in [1.82, 2.24) is 5.32 Å². The SMILES string of the molecule is CC1CCC(C(=O)NCC2CCC(Br)CC2)O1. The van der Waals surface area contributed by atoms with E-state index in [-0.39, 0.29) is 18.1 Å². The van der Waals surface area contributed by atoms with Crippen LogP contribution in [-0.2, 0) is 9.53 Å². The van der Waals surface area contributed by atoms with E-state index in [0.29, 0.717) is 10.7 Å². The molecule has 0 radical (unpaired) electrons. The summed E-state index contributed by atoms with van der Waals surface area (Å²) in [5.41, 5.74) is 0. The molecule has 1 amide bonds. The van der Waals surface area contributed by atoms with Crippen molar-refractivity contribution in [1.29, 1.82) is 0 Å². The Hall–Kier alpha value is -0.0900. The summed E-state index contributed by atoms with van der Waals surface area (Å²) in [5, 5.41) is 3.05. The van der Waals surface area contributed by atoms with E-state index in [2.05, 4.69) is 21.2 Å². The van der Waals surface area contributed by atoms with Gasteiger partial charge in [0.15, 0.2) is 0 Å². The molecule has 0 aromatic heterocycles. The molecule has 1 N–H and O–H groups in total. The molecule has 1 saturated heterocycles. The number of rotatable bonds is 3. The lowest BCUT2D eigenvalue weighted by molar-refractivity contribution is -0.131. The highest BCUT2D eigenvalue weighted by atomic mass is 79.9. The zero-order chi connectivity index (χ0) is 12.3. The maximum absolute atomic E-state index is 11.9. The second-order valence-electron chi connectivity index (χ2n) is 5.38. The van der Waals surface area contributed by atoms with Gasteiger partial charge in [-0.05, 0) is 51.4 Å². The Morgan fingerprint density at radius 2 is 1.94 bits per heavy atom. The molecule has 17 heavy (non-hydrogen) atoms. The zero-order valence-electron chi connectivity index (χ0n) is 10.5. The first-order valence-electron chi connectivity index (χ1n) is 6.72. The second kappa shape index (κ2) is 6.19. The molecule has 1 aliphatic carbocycles. The predicted molar refractivity (Wildman–Crippen MR) is 71.3 cm³/mol. The van der Waals surface area contributed by atoms with Crippen molar-refractivity contribution >= 4 is 21.8 Å². The molecular formula is C13H22BrNO2. The number of carbonyl (C=O) groups excluding carboxylic acids is 1. The van der Waals surface area contributed by atoms with Gasteiger partial charge >= 0.3 is 0 Å². The number of carbonyl (C=O) groups is 1. The van der Waals surface area contributed by atoms with Gasteiger partial charge in [-0.3, -0.25) is 4.79 Å². The van der Waals surface area contributed by atoms with E-state index in [1.165, 1.54) is 25.7 Å². The van der Waals surface area contributed by atoms with Crippen molar-refractivity contribution in [3.05, 3.63) is 0 Å². The Morgan fingerprint density at radius 1 is 1.24 bits per heavy atom. The number of alkyl halides is 1. The highest BCUT2D eigenvalue weighted by molar-refractivity contribution is 9.09. The van der Waals surface area contributed by atoms with E-state index in [1.54, 1.807) is 0 Å². The van der Waals surface area contributed by atoms with Gasteiger partial charge in [-0.1, -0.05) is 15.9 Å². The van der Waals surface area contributed by atoms with Crippen molar-refractivity contribution in [2.75, 3.05) is 6.54 Å². The predicted octanol–water partition coefficient (Wildman–Crippen LogP) is 2.62. The molecule has 3 nitrogen and oxygen atoms in total. The Balaban J connectivity index is 1.66. The summed E-state index contributed by atoms with van der Waals surface area (Å²) in [6, 6.07) is 0. The molecule has 1 saturated carbocycles. The fourth-order valence-electron chi connectivity index (χ4n) is 2.68. The minimum absolute atomic E-state index is 0.0929. The van der Waals surface area contributed by atoms with Crippen LogP contribution in [0.5, 0.6) is 0 Å². The Morgan fingerprint density at radius 3 is 2.53 bits per heavy atom. The van der Waals surface area contributed by atoms with Gasteiger partial charge in [-0.15, -0.1) is 0 Å². The Bertz CT molecular complexity index is 264. The van der Waals surface area contributed by atoms with E-state index in [1.807, 2.05) is 6.92 Å². The highest BCUT2D eigenvalue weighted by Gasteiger charge is 2.28. The molecule has 1 aliphatic heterocycles. The molecule has 0 aromatic rings. The van der Waals surface area contributed by atoms with Crippen molar-refractivity contribution < 1.29 is 9.53 Å². The third kappa shape index (κ3) is 3.95. The standard InChI is InChI=1S/C13H22BrNO2/c1-9-2-7-12(17-9)13(16)15-8-10-3-5-11(14)6-4-10/h9-12H,2-8H2,1H3,(H,15,16). The Labute approximate surface area is 112 Å². The number of ether oxygens (including phenoxy) is 1. The van der Waals surface area contributed by atoms with Crippen LogP contribution in [0.15, 0.2) is 0 Å². The molecule has 0 spiro atoms. The molecular weight excluding hydrogens is 282 g/mol. The summed E-state index contributed by atoms with van der Waals surface area (Å²) in [6.45, 7) is 2.86. The van der Waals surface area contributed by atoms with Crippen molar-refractivity contribution in [2.24, 2.45) is 5.92 Å². The molecule has 0 bridgehead atoms. The summed E-state index contributed by atoms with van der Waals surface area (Å²) >= 11 is 3.65. The highest BCUT2D eigenvalue weighted by Crippen LogP contribution is 2.28. The first kappa shape index (κ1) is 13.3. The fourth-order valence-corrected chi connectivity index (χ4v) is 3.21. The number of hydrogen-bond acceptors (Lipinski definition) is 2. The first-order valence-corrected chi connectivity index (χ1v) is 7.64. The maximum Gasteiger partial charge on any atom is 0.249 e.